The summed E-state index contributed by atoms with van der Waals surface area (Å²) in [7, 11) is 0. The topological polar surface area (TPSA) is 73.8 Å². The van der Waals surface area contributed by atoms with E-state index in [4.69, 9.17) is 5.73 Å². The zero-order valence-corrected chi connectivity index (χ0v) is 10.7. The van der Waals surface area contributed by atoms with Gasteiger partial charge in [-0.2, -0.15) is 0 Å². The maximum atomic E-state index is 12.0. The van der Waals surface area contributed by atoms with E-state index in [2.05, 4.69) is 24.2 Å². The number of hydrogen-bond donors (Lipinski definition) is 1. The number of nitrogens with zero attached hydrogens (tertiary/aromatic N) is 3. The molecular weight excluding hydrogens is 216 g/mol. The van der Waals surface area contributed by atoms with Crippen molar-refractivity contribution >= 4 is 5.78 Å². The number of aromatic nitrogens is 3. The normalized spacial score (nSPS) is 12.6. The van der Waals surface area contributed by atoms with Crippen LogP contribution < -0.4 is 5.73 Å². The van der Waals surface area contributed by atoms with Crippen LogP contribution in [0.25, 0.3) is 0 Å². The second kappa shape index (κ2) is 7.17. The largest absolute Gasteiger partial charge is 0.330 e. The highest BCUT2D eigenvalue weighted by Gasteiger charge is 2.13. The summed E-state index contributed by atoms with van der Waals surface area (Å²) in [6.45, 7) is 5.62. The lowest BCUT2D eigenvalue weighted by Crippen LogP contribution is -2.12. The summed E-state index contributed by atoms with van der Waals surface area (Å²) in [5, 5.41) is 7.71. The zero-order chi connectivity index (χ0) is 12.7. The van der Waals surface area contributed by atoms with Crippen LogP contribution in [-0.2, 0) is 6.54 Å². The fourth-order valence-corrected chi connectivity index (χ4v) is 1.79. The molecule has 0 bridgehead atoms. The predicted octanol–water partition coefficient (Wildman–Crippen LogP) is 1.64. The van der Waals surface area contributed by atoms with Crippen molar-refractivity contribution in [1.82, 2.24) is 15.0 Å². The van der Waals surface area contributed by atoms with Crippen molar-refractivity contribution in [3.05, 3.63) is 11.9 Å². The van der Waals surface area contributed by atoms with Crippen LogP contribution >= 0.6 is 0 Å². The van der Waals surface area contributed by atoms with Crippen LogP contribution in [0.1, 0.15) is 50.0 Å². The van der Waals surface area contributed by atoms with Crippen LogP contribution in [0.5, 0.6) is 0 Å². The van der Waals surface area contributed by atoms with Crippen molar-refractivity contribution in [1.29, 1.82) is 0 Å². The van der Waals surface area contributed by atoms with E-state index in [1.807, 2.05) is 0 Å². The van der Waals surface area contributed by atoms with Gasteiger partial charge in [0.1, 0.15) is 5.69 Å². The Morgan fingerprint density at radius 2 is 2.29 bits per heavy atom. The van der Waals surface area contributed by atoms with Gasteiger partial charge in [-0.1, -0.05) is 19.1 Å². The Morgan fingerprint density at radius 1 is 1.53 bits per heavy atom. The van der Waals surface area contributed by atoms with E-state index >= 15 is 0 Å². The Labute approximate surface area is 102 Å². The number of ketones is 1. The third-order valence-corrected chi connectivity index (χ3v) is 2.86. The maximum Gasteiger partial charge on any atom is 0.182 e. The van der Waals surface area contributed by atoms with Gasteiger partial charge in [0.2, 0.25) is 0 Å². The number of hydrogen-bond acceptors (Lipinski definition) is 4. The molecule has 0 aliphatic rings. The molecule has 5 heteroatoms. The van der Waals surface area contributed by atoms with E-state index < -0.39 is 0 Å². The molecule has 96 valence electrons. The molecule has 0 aromatic carbocycles. The Bertz CT molecular complexity index is 348. The van der Waals surface area contributed by atoms with Crippen LogP contribution in [0.3, 0.4) is 0 Å². The highest BCUT2D eigenvalue weighted by molar-refractivity contribution is 5.94. The first-order chi connectivity index (χ1) is 8.19. The molecule has 0 aliphatic carbocycles. The molecule has 1 aromatic heterocycles. The molecular formula is C12H22N4O. The molecule has 1 rings (SSSR count). The van der Waals surface area contributed by atoms with Crippen molar-refractivity contribution in [2.24, 2.45) is 11.7 Å². The van der Waals surface area contributed by atoms with Crippen LogP contribution in [0.2, 0.25) is 0 Å². The summed E-state index contributed by atoms with van der Waals surface area (Å²) >= 11 is 0. The number of rotatable bonds is 8. The first-order valence-corrected chi connectivity index (χ1v) is 6.30. The smallest absolute Gasteiger partial charge is 0.182 e. The molecule has 5 nitrogen and oxygen atoms in total. The van der Waals surface area contributed by atoms with Gasteiger partial charge in [0.05, 0.1) is 6.20 Å². The van der Waals surface area contributed by atoms with E-state index in [1.54, 1.807) is 10.9 Å². The van der Waals surface area contributed by atoms with Gasteiger partial charge >= 0.3 is 0 Å². The van der Waals surface area contributed by atoms with Gasteiger partial charge < -0.3 is 5.73 Å². The lowest BCUT2D eigenvalue weighted by molar-refractivity contribution is 0.0963. The average Bonchev–Trinajstić information content (AvgIpc) is 2.75. The van der Waals surface area contributed by atoms with Crippen molar-refractivity contribution in [2.45, 2.75) is 46.1 Å². The lowest BCUT2D eigenvalue weighted by atomic mass is 9.99. The standard InChI is InChI=1S/C12H22N4O/c1-3-8-16-11(9-14-15-16)12(17)5-4-10(2)6-7-13/h9-10H,3-8,13H2,1-2H3. The molecule has 1 heterocycles. The molecule has 17 heavy (non-hydrogen) atoms. The van der Waals surface area contributed by atoms with E-state index in [9.17, 15) is 4.79 Å². The molecule has 1 unspecified atom stereocenters. The third kappa shape index (κ3) is 4.26. The molecule has 1 aromatic rings. The molecule has 0 amide bonds. The first-order valence-electron chi connectivity index (χ1n) is 6.30. The summed E-state index contributed by atoms with van der Waals surface area (Å²) in [5.74, 6) is 0.631. The van der Waals surface area contributed by atoms with Gasteiger partial charge in [-0.3, -0.25) is 4.79 Å². The number of carbonyl (C=O) groups is 1. The van der Waals surface area contributed by atoms with Crippen LogP contribution in [0, 0.1) is 5.92 Å². The summed E-state index contributed by atoms with van der Waals surface area (Å²) in [4.78, 5) is 12.0. The SMILES string of the molecule is CCCn1nncc1C(=O)CCC(C)CCN. The van der Waals surface area contributed by atoms with Crippen molar-refractivity contribution in [2.75, 3.05) is 6.54 Å². The first kappa shape index (κ1) is 13.8. The molecule has 0 aliphatic heterocycles. The molecule has 0 saturated heterocycles. The third-order valence-electron chi connectivity index (χ3n) is 2.86. The highest BCUT2D eigenvalue weighted by Crippen LogP contribution is 2.12. The Morgan fingerprint density at radius 3 is 2.94 bits per heavy atom. The minimum Gasteiger partial charge on any atom is -0.330 e. The number of Topliss-reactive ketones (excluding diaryl/α,β-unsaturated/α-hetero) is 1. The number of carbonyl (C=O) groups excluding carboxylic acids is 1. The van der Waals surface area contributed by atoms with Gasteiger partial charge in [0.25, 0.3) is 0 Å². The quantitative estimate of drug-likeness (QED) is 0.699. The molecule has 0 spiro atoms. The van der Waals surface area contributed by atoms with E-state index in [1.165, 1.54) is 0 Å². The minimum absolute atomic E-state index is 0.132. The van der Waals surface area contributed by atoms with Crippen LogP contribution in [0.4, 0.5) is 0 Å². The van der Waals surface area contributed by atoms with Crippen LogP contribution in [0.15, 0.2) is 6.20 Å². The highest BCUT2D eigenvalue weighted by atomic mass is 16.1. The summed E-state index contributed by atoms with van der Waals surface area (Å²) in [5.41, 5.74) is 6.12. The van der Waals surface area contributed by atoms with Crippen molar-refractivity contribution in [3.63, 3.8) is 0 Å². The van der Waals surface area contributed by atoms with Gasteiger partial charge in [0, 0.05) is 13.0 Å². The molecule has 1 atom stereocenters. The Balaban J connectivity index is 2.49. The van der Waals surface area contributed by atoms with Crippen molar-refractivity contribution in [3.8, 4) is 0 Å². The summed E-state index contributed by atoms with van der Waals surface area (Å²) in [6.07, 6.45) is 4.92. The fourth-order valence-electron chi connectivity index (χ4n) is 1.79. The molecule has 0 radical (unpaired) electrons. The molecule has 0 fully saturated rings. The predicted molar refractivity (Wildman–Crippen MR) is 66.7 cm³/mol. The van der Waals surface area contributed by atoms with Gasteiger partial charge in [-0.05, 0) is 31.7 Å². The minimum atomic E-state index is 0.132. The van der Waals surface area contributed by atoms with Gasteiger partial charge in [-0.15, -0.1) is 5.10 Å². The van der Waals surface area contributed by atoms with E-state index in [-0.39, 0.29) is 5.78 Å². The lowest BCUT2D eigenvalue weighted by Gasteiger charge is -2.09. The monoisotopic (exact) mass is 238 g/mol. The Kier molecular flexibility index (Phi) is 5.83. The summed E-state index contributed by atoms with van der Waals surface area (Å²) in [6, 6.07) is 0. The maximum absolute atomic E-state index is 12.0. The number of nitrogens with two attached hydrogens (primary N) is 1. The Hall–Kier alpha value is -1.23. The van der Waals surface area contributed by atoms with Gasteiger partial charge in [0.15, 0.2) is 5.78 Å². The van der Waals surface area contributed by atoms with Crippen molar-refractivity contribution < 1.29 is 4.79 Å². The number of aryl methyl sites for hydroxylation is 1. The second-order valence-electron chi connectivity index (χ2n) is 4.49. The second-order valence-corrected chi connectivity index (χ2v) is 4.49. The average molecular weight is 238 g/mol. The zero-order valence-electron chi connectivity index (χ0n) is 10.7. The molecule has 2 N–H and O–H groups in total. The van der Waals surface area contributed by atoms with E-state index in [0.717, 1.165) is 25.8 Å². The van der Waals surface area contributed by atoms with Gasteiger partial charge in [-0.25, -0.2) is 4.68 Å². The summed E-state index contributed by atoms with van der Waals surface area (Å²) < 4.78 is 1.69. The fraction of sp³-hybridized carbons (Fsp3) is 0.750. The molecule has 0 saturated carbocycles. The van der Waals surface area contributed by atoms with Crippen LogP contribution in [-0.4, -0.2) is 27.3 Å². The van der Waals surface area contributed by atoms with E-state index in [0.29, 0.717) is 24.6 Å².